The molecular weight excluding hydrogens is 352 g/mol. The van der Waals surface area contributed by atoms with Gasteiger partial charge >= 0.3 is 0 Å². The third-order valence-corrected chi connectivity index (χ3v) is 3.24. The lowest BCUT2D eigenvalue weighted by atomic mass is 10.3. The fourth-order valence-electron chi connectivity index (χ4n) is 1.58. The fraction of sp³-hybridized carbons (Fsp3) is 0.143. The molecular formula is C14H15BrN4OS. The number of nitrogens with zero attached hydrogens (tertiary/aromatic N) is 2. The molecule has 2 rings (SSSR count). The van der Waals surface area contributed by atoms with E-state index in [2.05, 4.69) is 31.8 Å². The van der Waals surface area contributed by atoms with Gasteiger partial charge in [0.25, 0.3) is 0 Å². The Balaban J connectivity index is 1.90. The molecule has 2 aromatic rings. The summed E-state index contributed by atoms with van der Waals surface area (Å²) in [5, 5.41) is 7.47. The van der Waals surface area contributed by atoms with E-state index in [0.717, 1.165) is 16.0 Å². The molecule has 1 aromatic carbocycles. The van der Waals surface area contributed by atoms with Gasteiger partial charge in [0.1, 0.15) is 0 Å². The minimum absolute atomic E-state index is 0.413. The van der Waals surface area contributed by atoms with Crippen molar-refractivity contribution >= 4 is 51.0 Å². The van der Waals surface area contributed by atoms with Gasteiger partial charge in [-0.2, -0.15) is 5.10 Å². The topological polar surface area (TPSA) is 52.8 Å². The van der Waals surface area contributed by atoms with E-state index >= 15 is 0 Å². The zero-order valence-corrected chi connectivity index (χ0v) is 14.0. The van der Waals surface area contributed by atoms with Crippen LogP contribution in [0.15, 0.2) is 50.4 Å². The summed E-state index contributed by atoms with van der Waals surface area (Å²) < 4.78 is 6.48. The first-order valence-corrected chi connectivity index (χ1v) is 7.38. The van der Waals surface area contributed by atoms with Gasteiger partial charge in [-0.25, -0.2) is 0 Å². The molecule has 0 aliphatic carbocycles. The van der Waals surface area contributed by atoms with Crippen LogP contribution in [0.4, 0.5) is 11.6 Å². The van der Waals surface area contributed by atoms with E-state index in [1.54, 1.807) is 6.21 Å². The number of hydrogen-bond donors (Lipinski definition) is 2. The predicted octanol–water partition coefficient (Wildman–Crippen LogP) is 3.43. The van der Waals surface area contributed by atoms with E-state index in [4.69, 9.17) is 16.6 Å². The summed E-state index contributed by atoms with van der Waals surface area (Å²) in [7, 11) is 3.81. The summed E-state index contributed by atoms with van der Waals surface area (Å²) in [6.07, 6.45) is 1.57. The summed E-state index contributed by atoms with van der Waals surface area (Å²) in [6.45, 7) is 0. The summed E-state index contributed by atoms with van der Waals surface area (Å²) in [4.78, 5) is 1.87. The Labute approximate surface area is 137 Å². The van der Waals surface area contributed by atoms with Crippen molar-refractivity contribution in [1.82, 2.24) is 5.43 Å². The van der Waals surface area contributed by atoms with Crippen molar-refractivity contribution in [2.75, 3.05) is 24.3 Å². The average Bonchev–Trinajstić information content (AvgIpc) is 2.81. The maximum Gasteiger partial charge on any atom is 0.210 e. The van der Waals surface area contributed by atoms with Gasteiger partial charge in [-0.1, -0.05) is 18.2 Å². The van der Waals surface area contributed by atoms with Gasteiger partial charge in [0.2, 0.25) is 5.88 Å². The van der Waals surface area contributed by atoms with E-state index in [1.807, 2.05) is 55.4 Å². The van der Waals surface area contributed by atoms with Gasteiger partial charge in [0.15, 0.2) is 10.9 Å². The Morgan fingerprint density at radius 3 is 2.67 bits per heavy atom. The first-order chi connectivity index (χ1) is 10.1. The third kappa shape index (κ3) is 4.57. The average molecular weight is 367 g/mol. The molecule has 0 spiro atoms. The summed E-state index contributed by atoms with van der Waals surface area (Å²) in [6, 6.07) is 11.5. The molecule has 0 aliphatic rings. The van der Waals surface area contributed by atoms with Crippen LogP contribution in [0, 0.1) is 0 Å². The Bertz CT molecular complexity index is 640. The van der Waals surface area contributed by atoms with Crippen LogP contribution in [0.3, 0.4) is 0 Å². The number of anilines is 2. The number of hydrogen-bond acceptors (Lipinski definition) is 4. The molecule has 0 aliphatic heterocycles. The summed E-state index contributed by atoms with van der Waals surface area (Å²) >= 11 is 8.57. The second kappa shape index (κ2) is 7.24. The molecule has 5 nitrogen and oxygen atoms in total. The lowest BCUT2D eigenvalue weighted by molar-refractivity contribution is 0.557. The number of hydrazone groups is 1. The molecule has 7 heteroatoms. The molecule has 0 amide bonds. The van der Waals surface area contributed by atoms with Crippen LogP contribution in [-0.4, -0.2) is 25.4 Å². The fourth-order valence-corrected chi connectivity index (χ4v) is 2.41. The standard InChI is InChI=1S/C14H15BrN4OS/c1-19(2)13-12(15)8-11(20-13)9-16-18-14(21)17-10-6-4-3-5-7-10/h3-9H,1-2H3,(H2,17,18,21)/b16-9+. The lowest BCUT2D eigenvalue weighted by Crippen LogP contribution is -2.23. The van der Waals surface area contributed by atoms with Gasteiger partial charge < -0.3 is 14.6 Å². The molecule has 21 heavy (non-hydrogen) atoms. The zero-order chi connectivity index (χ0) is 15.2. The molecule has 0 atom stereocenters. The van der Waals surface area contributed by atoms with E-state index in [9.17, 15) is 0 Å². The zero-order valence-electron chi connectivity index (χ0n) is 11.6. The predicted molar refractivity (Wildman–Crippen MR) is 94.1 cm³/mol. The summed E-state index contributed by atoms with van der Waals surface area (Å²) in [5.41, 5.74) is 3.64. The molecule has 0 fully saturated rings. The normalized spacial score (nSPS) is 10.6. The quantitative estimate of drug-likeness (QED) is 0.493. The molecule has 1 heterocycles. The van der Waals surface area contributed by atoms with Crippen LogP contribution in [-0.2, 0) is 0 Å². The molecule has 0 radical (unpaired) electrons. The Morgan fingerprint density at radius 2 is 2.05 bits per heavy atom. The Morgan fingerprint density at radius 1 is 1.33 bits per heavy atom. The van der Waals surface area contributed by atoms with Crippen molar-refractivity contribution < 1.29 is 4.42 Å². The van der Waals surface area contributed by atoms with Crippen molar-refractivity contribution in [3.63, 3.8) is 0 Å². The molecule has 0 saturated heterocycles. The van der Waals surface area contributed by atoms with Gasteiger partial charge in [0, 0.05) is 25.8 Å². The Kier molecular flexibility index (Phi) is 5.35. The van der Waals surface area contributed by atoms with Crippen molar-refractivity contribution in [2.45, 2.75) is 0 Å². The lowest BCUT2D eigenvalue weighted by Gasteiger charge is -2.07. The van der Waals surface area contributed by atoms with Gasteiger partial charge in [0.05, 0.1) is 10.7 Å². The van der Waals surface area contributed by atoms with Crippen LogP contribution in [0.25, 0.3) is 0 Å². The molecule has 110 valence electrons. The third-order valence-electron chi connectivity index (χ3n) is 2.48. The second-order valence-electron chi connectivity index (χ2n) is 4.39. The highest BCUT2D eigenvalue weighted by Gasteiger charge is 2.08. The number of halogens is 1. The highest BCUT2D eigenvalue weighted by molar-refractivity contribution is 9.10. The van der Waals surface area contributed by atoms with Gasteiger partial charge in [-0.15, -0.1) is 0 Å². The van der Waals surface area contributed by atoms with Crippen LogP contribution < -0.4 is 15.6 Å². The highest BCUT2D eigenvalue weighted by Crippen LogP contribution is 2.27. The molecule has 0 unspecified atom stereocenters. The number of rotatable bonds is 4. The maximum absolute atomic E-state index is 5.60. The summed E-state index contributed by atoms with van der Waals surface area (Å²) in [5.74, 6) is 1.36. The maximum atomic E-state index is 5.60. The molecule has 2 N–H and O–H groups in total. The molecule has 0 saturated carbocycles. The number of furan rings is 1. The number of thiocarbonyl (C=S) groups is 1. The molecule has 0 bridgehead atoms. The van der Waals surface area contributed by atoms with Gasteiger partial charge in [-0.05, 0) is 40.3 Å². The van der Waals surface area contributed by atoms with Crippen molar-refractivity contribution in [3.05, 3.63) is 46.6 Å². The second-order valence-corrected chi connectivity index (χ2v) is 5.65. The van der Waals surface area contributed by atoms with E-state index in [0.29, 0.717) is 10.9 Å². The van der Waals surface area contributed by atoms with Crippen molar-refractivity contribution in [3.8, 4) is 0 Å². The first-order valence-electron chi connectivity index (χ1n) is 6.18. The Hall–Kier alpha value is -1.86. The van der Waals surface area contributed by atoms with Crippen LogP contribution in [0.2, 0.25) is 0 Å². The number of benzene rings is 1. The molecule has 1 aromatic heterocycles. The number of nitrogens with one attached hydrogen (secondary N) is 2. The largest absolute Gasteiger partial charge is 0.438 e. The van der Waals surface area contributed by atoms with Crippen LogP contribution in [0.1, 0.15) is 5.76 Å². The van der Waals surface area contributed by atoms with Crippen LogP contribution >= 0.6 is 28.1 Å². The van der Waals surface area contributed by atoms with Crippen molar-refractivity contribution in [1.29, 1.82) is 0 Å². The van der Waals surface area contributed by atoms with Crippen molar-refractivity contribution in [2.24, 2.45) is 5.10 Å². The highest BCUT2D eigenvalue weighted by atomic mass is 79.9. The smallest absolute Gasteiger partial charge is 0.210 e. The monoisotopic (exact) mass is 366 g/mol. The number of para-hydroxylation sites is 1. The van der Waals surface area contributed by atoms with E-state index < -0.39 is 0 Å². The van der Waals surface area contributed by atoms with E-state index in [-0.39, 0.29) is 0 Å². The minimum Gasteiger partial charge on any atom is -0.438 e. The minimum atomic E-state index is 0.413. The first kappa shape index (κ1) is 15.5. The van der Waals surface area contributed by atoms with E-state index in [1.165, 1.54) is 0 Å². The SMILES string of the molecule is CN(C)c1oc(/C=N/NC(=S)Nc2ccccc2)cc1Br. The van der Waals surface area contributed by atoms with Gasteiger partial charge in [-0.3, -0.25) is 5.43 Å². The van der Waals surface area contributed by atoms with Crippen LogP contribution in [0.5, 0.6) is 0 Å².